The Morgan fingerprint density at radius 2 is 1.82 bits per heavy atom. The third-order valence-electron chi connectivity index (χ3n) is 3.30. The molecule has 1 heterocycles. The Kier molecular flexibility index (Phi) is 5.01. The molecule has 1 aliphatic rings. The van der Waals surface area contributed by atoms with Crippen molar-refractivity contribution in [2.45, 2.75) is 19.9 Å². The second-order valence-electron chi connectivity index (χ2n) is 4.75. The second kappa shape index (κ2) is 6.53. The van der Waals surface area contributed by atoms with Gasteiger partial charge in [-0.15, -0.1) is 0 Å². The second-order valence-corrected chi connectivity index (χ2v) is 5.66. The van der Waals surface area contributed by atoms with Crippen LogP contribution >= 0.6 is 15.9 Å². The molecule has 0 saturated carbocycles. The molecule has 3 heteroatoms. The number of hydrogen-bond donors (Lipinski definition) is 0. The maximum atomic E-state index is 3.53. The maximum absolute atomic E-state index is 3.53. The summed E-state index contributed by atoms with van der Waals surface area (Å²) >= 11 is 3.53. The molecule has 1 aliphatic heterocycles. The van der Waals surface area contributed by atoms with Crippen LogP contribution in [0.15, 0.2) is 28.7 Å². The van der Waals surface area contributed by atoms with Crippen LogP contribution in [0.1, 0.15) is 18.9 Å². The molecule has 1 aromatic carbocycles. The largest absolute Gasteiger partial charge is 0.301 e. The van der Waals surface area contributed by atoms with E-state index in [1.54, 1.807) is 0 Å². The van der Waals surface area contributed by atoms with Gasteiger partial charge in [0.1, 0.15) is 0 Å². The molecule has 0 aliphatic carbocycles. The average Bonchev–Trinajstić information content (AvgIpc) is 2.32. The fourth-order valence-corrected chi connectivity index (χ4v) is 2.83. The molecule has 17 heavy (non-hydrogen) atoms. The first-order valence-electron chi connectivity index (χ1n) is 6.47. The summed E-state index contributed by atoms with van der Waals surface area (Å²) in [6.07, 6.45) is 1.27. The van der Waals surface area contributed by atoms with Crippen LogP contribution in [-0.2, 0) is 6.54 Å². The van der Waals surface area contributed by atoms with Gasteiger partial charge in [-0.25, -0.2) is 0 Å². The molecule has 0 spiro atoms. The minimum atomic E-state index is 1.08. The van der Waals surface area contributed by atoms with Gasteiger partial charge in [0.2, 0.25) is 0 Å². The predicted octanol–water partition coefficient (Wildman–Crippen LogP) is 2.98. The van der Waals surface area contributed by atoms with Crippen LogP contribution < -0.4 is 0 Å². The standard InChI is InChI=1S/C14H21BrN2/c1-2-6-16-7-9-17(10-8-16)12-13-4-3-5-14(15)11-13/h3-5,11H,2,6-10,12H2,1H3. The molecule has 0 amide bonds. The Hall–Kier alpha value is -0.380. The number of rotatable bonds is 4. The van der Waals surface area contributed by atoms with Gasteiger partial charge >= 0.3 is 0 Å². The molecule has 0 radical (unpaired) electrons. The fourth-order valence-electron chi connectivity index (χ4n) is 2.38. The van der Waals surface area contributed by atoms with Crippen molar-refractivity contribution < 1.29 is 0 Å². The fraction of sp³-hybridized carbons (Fsp3) is 0.571. The molecule has 1 aromatic rings. The minimum Gasteiger partial charge on any atom is -0.301 e. The molecule has 94 valence electrons. The molecule has 2 nitrogen and oxygen atoms in total. The molecule has 0 N–H and O–H groups in total. The number of nitrogens with zero attached hydrogens (tertiary/aromatic N) is 2. The quantitative estimate of drug-likeness (QED) is 0.843. The van der Waals surface area contributed by atoms with Gasteiger partial charge in [0, 0.05) is 37.2 Å². The SMILES string of the molecule is CCCN1CCN(Cc2cccc(Br)c2)CC1. The first-order valence-corrected chi connectivity index (χ1v) is 7.26. The van der Waals surface area contributed by atoms with E-state index in [0.29, 0.717) is 0 Å². The van der Waals surface area contributed by atoms with Crippen LogP contribution in [0.4, 0.5) is 0 Å². The van der Waals surface area contributed by atoms with Crippen molar-refractivity contribution in [1.29, 1.82) is 0 Å². The Bertz CT molecular complexity index is 346. The summed E-state index contributed by atoms with van der Waals surface area (Å²) in [5.74, 6) is 0. The smallest absolute Gasteiger partial charge is 0.0235 e. The first-order chi connectivity index (χ1) is 8.28. The third kappa shape index (κ3) is 4.09. The number of halogens is 1. The van der Waals surface area contributed by atoms with Crippen LogP contribution in [0, 0.1) is 0 Å². The van der Waals surface area contributed by atoms with Gasteiger partial charge in [-0.3, -0.25) is 4.90 Å². The van der Waals surface area contributed by atoms with E-state index in [2.05, 4.69) is 56.9 Å². The molecule has 0 unspecified atom stereocenters. The molecule has 1 fully saturated rings. The van der Waals surface area contributed by atoms with E-state index in [9.17, 15) is 0 Å². The van der Waals surface area contributed by atoms with Crippen LogP contribution in [0.5, 0.6) is 0 Å². The summed E-state index contributed by atoms with van der Waals surface area (Å²) in [5, 5.41) is 0. The summed E-state index contributed by atoms with van der Waals surface area (Å²) < 4.78 is 1.18. The van der Waals surface area contributed by atoms with E-state index in [1.807, 2.05) is 0 Å². The summed E-state index contributed by atoms with van der Waals surface area (Å²) in [5.41, 5.74) is 1.41. The minimum absolute atomic E-state index is 1.08. The highest BCUT2D eigenvalue weighted by molar-refractivity contribution is 9.10. The number of benzene rings is 1. The zero-order chi connectivity index (χ0) is 12.1. The predicted molar refractivity (Wildman–Crippen MR) is 76.2 cm³/mol. The third-order valence-corrected chi connectivity index (χ3v) is 3.79. The van der Waals surface area contributed by atoms with Crippen molar-refractivity contribution in [2.24, 2.45) is 0 Å². The van der Waals surface area contributed by atoms with E-state index >= 15 is 0 Å². The molecule has 1 saturated heterocycles. The van der Waals surface area contributed by atoms with Crippen molar-refractivity contribution in [3.8, 4) is 0 Å². The van der Waals surface area contributed by atoms with E-state index in [1.165, 1.54) is 49.2 Å². The lowest BCUT2D eigenvalue weighted by molar-refractivity contribution is 0.127. The molecule has 0 aromatic heterocycles. The lowest BCUT2D eigenvalue weighted by Gasteiger charge is -2.34. The first kappa shape index (κ1) is 13.1. The molecule has 0 atom stereocenters. The topological polar surface area (TPSA) is 6.48 Å². The van der Waals surface area contributed by atoms with Crippen LogP contribution in [0.2, 0.25) is 0 Å². The summed E-state index contributed by atoms with van der Waals surface area (Å²) in [6.45, 7) is 9.45. The molecular weight excluding hydrogens is 276 g/mol. The molecule has 2 rings (SSSR count). The summed E-state index contributed by atoms with van der Waals surface area (Å²) in [4.78, 5) is 5.12. The van der Waals surface area contributed by atoms with Gasteiger partial charge in [-0.1, -0.05) is 35.0 Å². The van der Waals surface area contributed by atoms with Crippen molar-refractivity contribution in [3.63, 3.8) is 0 Å². The van der Waals surface area contributed by atoms with Crippen LogP contribution in [0.3, 0.4) is 0 Å². The Balaban J connectivity index is 1.82. The summed E-state index contributed by atoms with van der Waals surface area (Å²) in [6, 6.07) is 8.64. The maximum Gasteiger partial charge on any atom is 0.0235 e. The van der Waals surface area contributed by atoms with Gasteiger partial charge in [-0.2, -0.15) is 0 Å². The highest BCUT2D eigenvalue weighted by Crippen LogP contribution is 2.14. The number of piperazine rings is 1. The van der Waals surface area contributed by atoms with Crippen molar-refractivity contribution in [3.05, 3.63) is 34.3 Å². The lowest BCUT2D eigenvalue weighted by atomic mass is 10.2. The van der Waals surface area contributed by atoms with Crippen molar-refractivity contribution in [2.75, 3.05) is 32.7 Å². The lowest BCUT2D eigenvalue weighted by Crippen LogP contribution is -2.45. The average molecular weight is 297 g/mol. The Morgan fingerprint density at radius 1 is 1.12 bits per heavy atom. The zero-order valence-electron chi connectivity index (χ0n) is 10.5. The van der Waals surface area contributed by atoms with E-state index < -0.39 is 0 Å². The van der Waals surface area contributed by atoms with Gasteiger partial charge in [-0.05, 0) is 30.7 Å². The normalized spacial score (nSPS) is 18.5. The Labute approximate surface area is 113 Å². The van der Waals surface area contributed by atoms with E-state index in [-0.39, 0.29) is 0 Å². The highest BCUT2D eigenvalue weighted by atomic mass is 79.9. The molecular formula is C14H21BrN2. The molecule has 0 bridgehead atoms. The monoisotopic (exact) mass is 296 g/mol. The summed E-state index contributed by atoms with van der Waals surface area (Å²) in [7, 11) is 0. The van der Waals surface area contributed by atoms with Crippen molar-refractivity contribution >= 4 is 15.9 Å². The van der Waals surface area contributed by atoms with Gasteiger partial charge < -0.3 is 4.90 Å². The van der Waals surface area contributed by atoms with Crippen LogP contribution in [-0.4, -0.2) is 42.5 Å². The van der Waals surface area contributed by atoms with Crippen molar-refractivity contribution in [1.82, 2.24) is 9.80 Å². The highest BCUT2D eigenvalue weighted by Gasteiger charge is 2.15. The van der Waals surface area contributed by atoms with Crippen LogP contribution in [0.25, 0.3) is 0 Å². The zero-order valence-corrected chi connectivity index (χ0v) is 12.1. The Morgan fingerprint density at radius 3 is 2.47 bits per heavy atom. The van der Waals surface area contributed by atoms with E-state index in [0.717, 1.165) is 6.54 Å². The van der Waals surface area contributed by atoms with E-state index in [4.69, 9.17) is 0 Å². The van der Waals surface area contributed by atoms with Gasteiger partial charge in [0.15, 0.2) is 0 Å². The van der Waals surface area contributed by atoms with Gasteiger partial charge in [0.05, 0.1) is 0 Å². The number of hydrogen-bond acceptors (Lipinski definition) is 2. The van der Waals surface area contributed by atoms with Gasteiger partial charge in [0.25, 0.3) is 0 Å².